The Morgan fingerprint density at radius 3 is 3.17 bits per heavy atom. The number of rotatable bonds is 5. The molecular formula is C7H12ClN3S. The second kappa shape index (κ2) is 5.32. The van der Waals surface area contributed by atoms with Crippen molar-refractivity contribution in [3.63, 3.8) is 0 Å². The van der Waals surface area contributed by atoms with Crippen LogP contribution in [0.3, 0.4) is 0 Å². The van der Waals surface area contributed by atoms with Crippen LogP contribution in [0.25, 0.3) is 0 Å². The first-order chi connectivity index (χ1) is 5.83. The summed E-state index contributed by atoms with van der Waals surface area (Å²) in [6.45, 7) is 2.96. The number of nitrogens with one attached hydrogen (secondary N) is 1. The Labute approximate surface area is 81.3 Å². The molecule has 1 aromatic rings. The van der Waals surface area contributed by atoms with Crippen LogP contribution in [0.4, 0.5) is 5.13 Å². The van der Waals surface area contributed by atoms with Gasteiger partial charge in [0.1, 0.15) is 6.33 Å². The van der Waals surface area contributed by atoms with Crippen LogP contribution < -0.4 is 5.32 Å². The van der Waals surface area contributed by atoms with Crippen molar-refractivity contribution in [3.05, 3.63) is 6.33 Å². The van der Waals surface area contributed by atoms with Crippen molar-refractivity contribution in [1.29, 1.82) is 0 Å². The monoisotopic (exact) mass is 205 g/mol. The smallest absolute Gasteiger partial charge is 0.202 e. The molecule has 0 fully saturated rings. The quantitative estimate of drug-likeness (QED) is 0.750. The average molecular weight is 206 g/mol. The molecule has 0 saturated carbocycles. The summed E-state index contributed by atoms with van der Waals surface area (Å²) in [4.78, 5) is 3.99. The number of hydrogen-bond acceptors (Lipinski definition) is 4. The van der Waals surface area contributed by atoms with Crippen LogP contribution in [0, 0.1) is 0 Å². The summed E-state index contributed by atoms with van der Waals surface area (Å²) in [5, 5.41) is 4.29. The molecule has 0 aliphatic heterocycles. The predicted octanol–water partition coefficient (Wildman–Crippen LogP) is 2.36. The van der Waals surface area contributed by atoms with Crippen LogP contribution in [-0.4, -0.2) is 21.3 Å². The van der Waals surface area contributed by atoms with Gasteiger partial charge in [-0.15, -0.1) is 11.6 Å². The normalized spacial score (nSPS) is 12.8. The zero-order chi connectivity index (χ0) is 8.81. The lowest BCUT2D eigenvalue weighted by atomic mass is 10.2. The van der Waals surface area contributed by atoms with Gasteiger partial charge in [0.15, 0.2) is 0 Å². The van der Waals surface area contributed by atoms with Gasteiger partial charge in [-0.05, 0) is 12.8 Å². The molecule has 1 heterocycles. The van der Waals surface area contributed by atoms with Gasteiger partial charge in [-0.2, -0.15) is 4.37 Å². The van der Waals surface area contributed by atoms with Crippen molar-refractivity contribution in [2.45, 2.75) is 25.1 Å². The number of aromatic nitrogens is 2. The van der Waals surface area contributed by atoms with Crippen LogP contribution in [-0.2, 0) is 0 Å². The molecule has 0 amide bonds. The van der Waals surface area contributed by atoms with Crippen molar-refractivity contribution in [2.75, 3.05) is 11.9 Å². The van der Waals surface area contributed by atoms with Gasteiger partial charge < -0.3 is 5.32 Å². The third kappa shape index (κ3) is 3.36. The molecular weight excluding hydrogens is 194 g/mol. The SMILES string of the molecule is CCC(Cl)CCNc1ncns1. The fourth-order valence-corrected chi connectivity index (χ4v) is 1.35. The minimum Gasteiger partial charge on any atom is -0.360 e. The molecule has 0 spiro atoms. The van der Waals surface area contributed by atoms with Crippen LogP contribution in [0.1, 0.15) is 19.8 Å². The van der Waals surface area contributed by atoms with E-state index in [0.717, 1.165) is 24.5 Å². The molecule has 3 nitrogen and oxygen atoms in total. The van der Waals surface area contributed by atoms with Crippen molar-refractivity contribution in [1.82, 2.24) is 9.36 Å². The summed E-state index contributed by atoms with van der Waals surface area (Å²) >= 11 is 7.30. The standard InChI is InChI=1S/C7H12ClN3S/c1-2-6(8)3-4-9-7-10-5-11-12-7/h5-6H,2-4H2,1H3,(H,9,10,11). The zero-order valence-electron chi connectivity index (χ0n) is 6.96. The molecule has 0 aromatic carbocycles. The third-order valence-corrected chi connectivity index (χ3v) is 2.69. The highest BCUT2D eigenvalue weighted by atomic mass is 35.5. The van der Waals surface area contributed by atoms with Gasteiger partial charge in [0.25, 0.3) is 0 Å². The van der Waals surface area contributed by atoms with E-state index in [1.807, 2.05) is 0 Å². The van der Waals surface area contributed by atoms with E-state index in [9.17, 15) is 0 Å². The summed E-state index contributed by atoms with van der Waals surface area (Å²) < 4.78 is 3.88. The molecule has 0 bridgehead atoms. The summed E-state index contributed by atoms with van der Waals surface area (Å²) in [5.74, 6) is 0. The second-order valence-electron chi connectivity index (χ2n) is 2.47. The van der Waals surface area contributed by atoms with Crippen LogP contribution in [0.2, 0.25) is 0 Å². The Hall–Kier alpha value is -0.350. The zero-order valence-corrected chi connectivity index (χ0v) is 8.53. The molecule has 1 aromatic heterocycles. The Kier molecular flexibility index (Phi) is 4.32. The lowest BCUT2D eigenvalue weighted by Crippen LogP contribution is -2.07. The molecule has 1 rings (SSSR count). The van der Waals surface area contributed by atoms with E-state index in [0.29, 0.717) is 0 Å². The number of nitrogens with zero attached hydrogens (tertiary/aromatic N) is 2. The lowest BCUT2D eigenvalue weighted by molar-refractivity contribution is 0.753. The minimum absolute atomic E-state index is 0.269. The summed E-state index contributed by atoms with van der Waals surface area (Å²) in [6, 6.07) is 0. The fourth-order valence-electron chi connectivity index (χ4n) is 0.791. The number of halogens is 1. The van der Waals surface area contributed by atoms with E-state index < -0.39 is 0 Å². The van der Waals surface area contributed by atoms with Crippen molar-refractivity contribution in [2.24, 2.45) is 0 Å². The molecule has 1 atom stereocenters. The second-order valence-corrected chi connectivity index (χ2v) is 3.86. The van der Waals surface area contributed by atoms with Crippen molar-refractivity contribution >= 4 is 28.3 Å². The first-order valence-corrected chi connectivity index (χ1v) is 5.18. The van der Waals surface area contributed by atoms with Gasteiger partial charge in [0.2, 0.25) is 5.13 Å². The van der Waals surface area contributed by atoms with Gasteiger partial charge in [0, 0.05) is 23.5 Å². The molecule has 0 aliphatic rings. The molecule has 1 N–H and O–H groups in total. The Bertz CT molecular complexity index is 202. The van der Waals surface area contributed by atoms with Gasteiger partial charge >= 0.3 is 0 Å². The largest absolute Gasteiger partial charge is 0.360 e. The Balaban J connectivity index is 2.11. The molecule has 0 saturated heterocycles. The van der Waals surface area contributed by atoms with Gasteiger partial charge in [-0.25, -0.2) is 4.98 Å². The Morgan fingerprint density at radius 2 is 2.58 bits per heavy atom. The van der Waals surface area contributed by atoms with Crippen LogP contribution >= 0.6 is 23.1 Å². The van der Waals surface area contributed by atoms with E-state index in [1.165, 1.54) is 11.5 Å². The fraction of sp³-hybridized carbons (Fsp3) is 0.714. The first-order valence-electron chi connectivity index (χ1n) is 3.97. The maximum Gasteiger partial charge on any atom is 0.202 e. The number of alkyl halides is 1. The van der Waals surface area contributed by atoms with E-state index in [4.69, 9.17) is 11.6 Å². The third-order valence-electron chi connectivity index (χ3n) is 1.54. The van der Waals surface area contributed by atoms with E-state index in [2.05, 4.69) is 21.6 Å². The predicted molar refractivity (Wildman–Crippen MR) is 52.9 cm³/mol. The Morgan fingerprint density at radius 1 is 1.75 bits per heavy atom. The highest BCUT2D eigenvalue weighted by Crippen LogP contribution is 2.09. The van der Waals surface area contributed by atoms with Gasteiger partial charge in [-0.1, -0.05) is 6.92 Å². The van der Waals surface area contributed by atoms with Gasteiger partial charge in [-0.3, -0.25) is 0 Å². The van der Waals surface area contributed by atoms with Gasteiger partial charge in [0.05, 0.1) is 0 Å². The number of hydrogen-bond donors (Lipinski definition) is 1. The van der Waals surface area contributed by atoms with Crippen molar-refractivity contribution < 1.29 is 0 Å². The lowest BCUT2D eigenvalue weighted by Gasteiger charge is -2.05. The van der Waals surface area contributed by atoms with Crippen molar-refractivity contribution in [3.8, 4) is 0 Å². The van der Waals surface area contributed by atoms with E-state index in [-0.39, 0.29) is 5.38 Å². The first kappa shape index (κ1) is 9.74. The summed E-state index contributed by atoms with van der Waals surface area (Å²) in [5.41, 5.74) is 0. The topological polar surface area (TPSA) is 37.8 Å². The number of anilines is 1. The molecule has 0 aliphatic carbocycles. The molecule has 68 valence electrons. The van der Waals surface area contributed by atoms with E-state index in [1.54, 1.807) is 6.33 Å². The van der Waals surface area contributed by atoms with Crippen LogP contribution in [0.15, 0.2) is 6.33 Å². The molecule has 12 heavy (non-hydrogen) atoms. The van der Waals surface area contributed by atoms with E-state index >= 15 is 0 Å². The highest BCUT2D eigenvalue weighted by molar-refractivity contribution is 7.09. The molecule has 1 unspecified atom stereocenters. The maximum absolute atomic E-state index is 5.93. The molecule has 5 heteroatoms. The molecule has 0 radical (unpaired) electrons. The average Bonchev–Trinajstić information content (AvgIpc) is 2.57. The minimum atomic E-state index is 0.269. The highest BCUT2D eigenvalue weighted by Gasteiger charge is 2.00. The summed E-state index contributed by atoms with van der Waals surface area (Å²) in [7, 11) is 0. The van der Waals surface area contributed by atoms with Crippen LogP contribution in [0.5, 0.6) is 0 Å². The summed E-state index contributed by atoms with van der Waals surface area (Å²) in [6.07, 6.45) is 3.53. The maximum atomic E-state index is 5.93.